The lowest BCUT2D eigenvalue weighted by Crippen LogP contribution is -2.37. The summed E-state index contributed by atoms with van der Waals surface area (Å²) in [5.74, 6) is -0.623. The third-order valence-corrected chi connectivity index (χ3v) is 3.61. The van der Waals surface area contributed by atoms with Crippen LogP contribution in [0.25, 0.3) is 0 Å². The summed E-state index contributed by atoms with van der Waals surface area (Å²) < 4.78 is 32.6. The van der Waals surface area contributed by atoms with Crippen molar-refractivity contribution in [2.24, 2.45) is 5.92 Å². The molecule has 1 atom stereocenters. The van der Waals surface area contributed by atoms with Gasteiger partial charge >= 0.3 is 0 Å². The van der Waals surface area contributed by atoms with Crippen molar-refractivity contribution >= 4 is 0 Å². The Morgan fingerprint density at radius 3 is 2.42 bits per heavy atom. The highest BCUT2D eigenvalue weighted by Gasteiger charge is 2.18. The van der Waals surface area contributed by atoms with Crippen LogP contribution in [0.2, 0.25) is 0 Å². The summed E-state index contributed by atoms with van der Waals surface area (Å²) in [5.41, 5.74) is 0.122. The van der Waals surface area contributed by atoms with Gasteiger partial charge in [0.1, 0.15) is 11.6 Å². The fourth-order valence-electron chi connectivity index (χ4n) is 2.26. The van der Waals surface area contributed by atoms with E-state index < -0.39 is 17.7 Å². The zero-order chi connectivity index (χ0) is 18.3. The maximum atomic E-state index is 13.9. The molecule has 0 saturated carbocycles. The van der Waals surface area contributed by atoms with Crippen LogP contribution < -0.4 is 0 Å². The van der Waals surface area contributed by atoms with Crippen LogP contribution in [-0.4, -0.2) is 41.4 Å². The third kappa shape index (κ3) is 8.71. The molecule has 0 bridgehead atoms. The van der Waals surface area contributed by atoms with Crippen molar-refractivity contribution in [3.8, 4) is 0 Å². The molecule has 138 valence electrons. The van der Waals surface area contributed by atoms with Crippen LogP contribution in [0.15, 0.2) is 18.2 Å². The first-order valence-electron chi connectivity index (χ1n) is 8.55. The van der Waals surface area contributed by atoms with Gasteiger partial charge in [-0.3, -0.25) is 4.90 Å². The maximum absolute atomic E-state index is 13.9. The van der Waals surface area contributed by atoms with Gasteiger partial charge in [-0.1, -0.05) is 19.9 Å². The van der Waals surface area contributed by atoms with E-state index in [9.17, 15) is 13.9 Å². The molecule has 0 aliphatic rings. The summed E-state index contributed by atoms with van der Waals surface area (Å²) in [6, 6.07) is 3.62. The molecule has 1 unspecified atom stereocenters. The summed E-state index contributed by atoms with van der Waals surface area (Å²) in [6.07, 6.45) is 0.287. The number of aliphatic hydroxyl groups is 1. The monoisotopic (exact) mass is 343 g/mol. The first-order valence-corrected chi connectivity index (χ1v) is 8.55. The van der Waals surface area contributed by atoms with Crippen LogP contribution in [0.4, 0.5) is 8.78 Å². The Morgan fingerprint density at radius 1 is 1.21 bits per heavy atom. The standard InChI is InChI=1S/C19H31F2NO2/c1-14(2)8-9-22(12-17(23)13-24-19(3,4)5)11-15-6-7-16(20)10-18(15)21/h6-7,10,14,17,23H,8-9,11-13H2,1-5H3. The number of ether oxygens (including phenoxy) is 1. The Balaban J connectivity index is 2.68. The van der Waals surface area contributed by atoms with E-state index in [2.05, 4.69) is 13.8 Å². The van der Waals surface area contributed by atoms with Crippen LogP contribution in [0.5, 0.6) is 0 Å². The minimum atomic E-state index is -0.653. The lowest BCUT2D eigenvalue weighted by Gasteiger charge is -2.28. The minimum Gasteiger partial charge on any atom is -0.389 e. The van der Waals surface area contributed by atoms with Gasteiger partial charge in [-0.2, -0.15) is 0 Å². The predicted octanol–water partition coefficient (Wildman–Crippen LogP) is 3.99. The molecular weight excluding hydrogens is 312 g/mol. The molecule has 0 aliphatic carbocycles. The molecule has 1 aromatic carbocycles. The number of hydrogen-bond acceptors (Lipinski definition) is 3. The lowest BCUT2D eigenvalue weighted by molar-refractivity contribution is -0.0569. The molecular formula is C19H31F2NO2. The number of rotatable bonds is 9. The van der Waals surface area contributed by atoms with Gasteiger partial charge in [-0.05, 0) is 45.7 Å². The van der Waals surface area contributed by atoms with Crippen molar-refractivity contribution in [2.75, 3.05) is 19.7 Å². The summed E-state index contributed by atoms with van der Waals surface area (Å²) >= 11 is 0. The average molecular weight is 343 g/mol. The van der Waals surface area contributed by atoms with Crippen LogP contribution >= 0.6 is 0 Å². The Kier molecular flexibility index (Phi) is 8.27. The summed E-state index contributed by atoms with van der Waals surface area (Å²) in [5, 5.41) is 10.2. The molecule has 3 nitrogen and oxygen atoms in total. The van der Waals surface area contributed by atoms with Crippen LogP contribution in [0.1, 0.15) is 46.6 Å². The maximum Gasteiger partial charge on any atom is 0.130 e. The van der Waals surface area contributed by atoms with Gasteiger partial charge in [0.2, 0.25) is 0 Å². The molecule has 0 aromatic heterocycles. The van der Waals surface area contributed by atoms with Crippen molar-refractivity contribution in [2.45, 2.75) is 59.3 Å². The van der Waals surface area contributed by atoms with E-state index in [4.69, 9.17) is 4.74 Å². The number of nitrogens with zero attached hydrogens (tertiary/aromatic N) is 1. The molecule has 1 N–H and O–H groups in total. The second-order valence-corrected chi connectivity index (χ2v) is 7.73. The average Bonchev–Trinajstić information content (AvgIpc) is 2.44. The van der Waals surface area contributed by atoms with Crippen molar-refractivity contribution < 1.29 is 18.6 Å². The second kappa shape index (κ2) is 9.44. The highest BCUT2D eigenvalue weighted by Crippen LogP contribution is 2.15. The van der Waals surface area contributed by atoms with Crippen molar-refractivity contribution in [3.63, 3.8) is 0 Å². The van der Waals surface area contributed by atoms with Crippen LogP contribution in [0, 0.1) is 17.6 Å². The second-order valence-electron chi connectivity index (χ2n) is 7.73. The van der Waals surface area contributed by atoms with E-state index in [1.807, 2.05) is 25.7 Å². The molecule has 0 spiro atoms. The summed E-state index contributed by atoms with van der Waals surface area (Å²) in [7, 11) is 0. The Morgan fingerprint density at radius 2 is 1.88 bits per heavy atom. The summed E-state index contributed by atoms with van der Waals surface area (Å²) in [6.45, 7) is 11.7. The van der Waals surface area contributed by atoms with Gasteiger partial charge in [0.25, 0.3) is 0 Å². The first kappa shape index (κ1) is 21.0. The topological polar surface area (TPSA) is 32.7 Å². The van der Waals surface area contributed by atoms with Crippen molar-refractivity contribution in [1.29, 1.82) is 0 Å². The van der Waals surface area contributed by atoms with E-state index in [1.165, 1.54) is 12.1 Å². The normalized spacial score (nSPS) is 13.8. The van der Waals surface area contributed by atoms with Crippen LogP contribution in [-0.2, 0) is 11.3 Å². The molecule has 0 fully saturated rings. The summed E-state index contributed by atoms with van der Waals surface area (Å²) in [4.78, 5) is 1.99. The van der Waals surface area contributed by atoms with Gasteiger partial charge in [0, 0.05) is 24.7 Å². The first-order chi connectivity index (χ1) is 11.1. The van der Waals surface area contributed by atoms with Crippen molar-refractivity contribution in [1.82, 2.24) is 4.90 Å². The minimum absolute atomic E-state index is 0.230. The van der Waals surface area contributed by atoms with E-state index in [1.54, 1.807) is 0 Å². The molecule has 5 heteroatoms. The number of halogens is 2. The van der Waals surface area contributed by atoms with Gasteiger partial charge < -0.3 is 9.84 Å². The Bertz CT molecular complexity index is 501. The Labute approximate surface area is 144 Å². The predicted molar refractivity (Wildman–Crippen MR) is 92.8 cm³/mol. The van der Waals surface area contributed by atoms with Crippen LogP contribution in [0.3, 0.4) is 0 Å². The largest absolute Gasteiger partial charge is 0.389 e. The van der Waals surface area contributed by atoms with Gasteiger partial charge in [0.05, 0.1) is 18.3 Å². The van der Waals surface area contributed by atoms with Crippen molar-refractivity contribution in [3.05, 3.63) is 35.4 Å². The number of benzene rings is 1. The van der Waals surface area contributed by atoms with E-state index in [0.29, 0.717) is 24.6 Å². The quantitative estimate of drug-likeness (QED) is 0.736. The van der Waals surface area contributed by atoms with E-state index in [-0.39, 0.29) is 12.2 Å². The highest BCUT2D eigenvalue weighted by atomic mass is 19.1. The molecule has 24 heavy (non-hydrogen) atoms. The fraction of sp³-hybridized carbons (Fsp3) is 0.684. The zero-order valence-electron chi connectivity index (χ0n) is 15.5. The highest BCUT2D eigenvalue weighted by molar-refractivity contribution is 5.18. The SMILES string of the molecule is CC(C)CCN(Cc1ccc(F)cc1F)CC(O)COC(C)(C)C. The molecule has 1 aromatic rings. The molecule has 1 rings (SSSR count). The smallest absolute Gasteiger partial charge is 0.130 e. The molecule has 0 heterocycles. The van der Waals surface area contributed by atoms with E-state index in [0.717, 1.165) is 19.0 Å². The van der Waals surface area contributed by atoms with Gasteiger partial charge in [-0.25, -0.2) is 8.78 Å². The van der Waals surface area contributed by atoms with Gasteiger partial charge in [-0.15, -0.1) is 0 Å². The Hall–Kier alpha value is -1.04. The molecule has 0 aliphatic heterocycles. The van der Waals surface area contributed by atoms with Gasteiger partial charge in [0.15, 0.2) is 0 Å². The molecule has 0 radical (unpaired) electrons. The fourth-order valence-corrected chi connectivity index (χ4v) is 2.26. The van der Waals surface area contributed by atoms with E-state index >= 15 is 0 Å². The number of hydrogen-bond donors (Lipinski definition) is 1. The molecule has 0 saturated heterocycles. The molecule has 0 amide bonds. The third-order valence-electron chi connectivity index (χ3n) is 3.61. The zero-order valence-corrected chi connectivity index (χ0v) is 15.5. The number of aliphatic hydroxyl groups excluding tert-OH is 1. The lowest BCUT2D eigenvalue weighted by atomic mass is 10.1.